The van der Waals surface area contributed by atoms with Gasteiger partial charge in [-0.3, -0.25) is 4.79 Å². The van der Waals surface area contributed by atoms with Crippen LogP contribution in [0.3, 0.4) is 0 Å². The van der Waals surface area contributed by atoms with Crippen molar-refractivity contribution in [1.29, 1.82) is 0 Å². The van der Waals surface area contributed by atoms with Gasteiger partial charge < -0.3 is 14.8 Å². The van der Waals surface area contributed by atoms with Crippen LogP contribution in [0.1, 0.15) is 49.2 Å². The van der Waals surface area contributed by atoms with Gasteiger partial charge >= 0.3 is 0 Å². The molecule has 0 aliphatic rings. The molecule has 5 heteroatoms. The molecule has 162 valence electrons. The average Bonchev–Trinajstić information content (AvgIpc) is 2.74. The van der Waals surface area contributed by atoms with Crippen LogP contribution in [0.5, 0.6) is 11.5 Å². The van der Waals surface area contributed by atoms with Crippen LogP contribution in [0.15, 0.2) is 66.7 Å². The zero-order chi connectivity index (χ0) is 22.4. The Bertz CT molecular complexity index is 1020. The van der Waals surface area contributed by atoms with E-state index in [1.54, 1.807) is 6.07 Å². The Hall–Kier alpha value is -2.54. The number of ether oxygens (including phenoxy) is 2. The van der Waals surface area contributed by atoms with Gasteiger partial charge in [-0.2, -0.15) is 0 Å². The number of hydrogen-bond donors (Lipinski definition) is 1. The van der Waals surface area contributed by atoms with Crippen molar-refractivity contribution >= 4 is 34.2 Å². The molecule has 3 aromatic rings. The Balaban J connectivity index is 1.75. The van der Waals surface area contributed by atoms with E-state index < -0.39 is 0 Å². The molecule has 3 rings (SSSR count). The van der Waals surface area contributed by atoms with Crippen LogP contribution in [0, 0.1) is 3.57 Å². The molecule has 0 aliphatic carbocycles. The van der Waals surface area contributed by atoms with Gasteiger partial charge in [-0.1, -0.05) is 32.9 Å². The number of hydrogen-bond acceptors (Lipinski definition) is 3. The topological polar surface area (TPSA) is 47.6 Å². The SMILES string of the molecule is CCOc1ccc(C(=O)Nc2ccc(I)cc2)cc1COc1ccc(C(C)(C)C)cc1. The van der Waals surface area contributed by atoms with E-state index in [0.717, 1.165) is 26.3 Å². The fraction of sp³-hybridized carbons (Fsp3) is 0.269. The van der Waals surface area contributed by atoms with Gasteiger partial charge in [-0.25, -0.2) is 0 Å². The molecule has 0 atom stereocenters. The lowest BCUT2D eigenvalue weighted by Gasteiger charge is -2.19. The summed E-state index contributed by atoms with van der Waals surface area (Å²) in [5, 5.41) is 2.93. The first-order valence-electron chi connectivity index (χ1n) is 10.3. The average molecular weight is 529 g/mol. The maximum Gasteiger partial charge on any atom is 0.255 e. The van der Waals surface area contributed by atoms with E-state index in [4.69, 9.17) is 9.47 Å². The van der Waals surface area contributed by atoms with Crippen LogP contribution in [-0.2, 0) is 12.0 Å². The molecule has 0 saturated heterocycles. The smallest absolute Gasteiger partial charge is 0.255 e. The van der Waals surface area contributed by atoms with Crippen molar-refractivity contribution < 1.29 is 14.3 Å². The normalized spacial score (nSPS) is 11.1. The molecule has 0 heterocycles. The van der Waals surface area contributed by atoms with Gasteiger partial charge in [-0.15, -0.1) is 0 Å². The second kappa shape index (κ2) is 10.2. The highest BCUT2D eigenvalue weighted by molar-refractivity contribution is 14.1. The predicted octanol–water partition coefficient (Wildman–Crippen LogP) is 6.82. The standard InChI is InChI=1S/C26H28INO3/c1-5-30-24-15-6-18(25(29)28-22-11-9-21(27)10-12-22)16-19(24)17-31-23-13-7-20(8-14-23)26(2,3)4/h6-16H,5,17H2,1-4H3,(H,28,29). The first kappa shape index (κ1) is 23.1. The minimum Gasteiger partial charge on any atom is -0.493 e. The van der Waals surface area contributed by atoms with Gasteiger partial charge in [0.25, 0.3) is 5.91 Å². The largest absolute Gasteiger partial charge is 0.493 e. The first-order valence-corrected chi connectivity index (χ1v) is 11.4. The predicted molar refractivity (Wildman–Crippen MR) is 134 cm³/mol. The van der Waals surface area contributed by atoms with Crippen molar-refractivity contribution in [1.82, 2.24) is 0 Å². The summed E-state index contributed by atoms with van der Waals surface area (Å²) in [4.78, 5) is 12.7. The quantitative estimate of drug-likeness (QED) is 0.342. The number of carbonyl (C=O) groups excluding carboxylic acids is 1. The second-order valence-electron chi connectivity index (χ2n) is 8.28. The summed E-state index contributed by atoms with van der Waals surface area (Å²) in [6.45, 7) is 9.35. The fourth-order valence-electron chi connectivity index (χ4n) is 3.08. The van der Waals surface area contributed by atoms with Gasteiger partial charge in [0.15, 0.2) is 0 Å². The Morgan fingerprint density at radius 2 is 1.61 bits per heavy atom. The second-order valence-corrected chi connectivity index (χ2v) is 9.53. The molecule has 0 unspecified atom stereocenters. The third-order valence-corrected chi connectivity index (χ3v) is 5.56. The first-order chi connectivity index (χ1) is 14.8. The Morgan fingerprint density at radius 3 is 2.23 bits per heavy atom. The molecule has 0 radical (unpaired) electrons. The summed E-state index contributed by atoms with van der Waals surface area (Å²) in [5.74, 6) is 1.34. The minimum absolute atomic E-state index is 0.0966. The van der Waals surface area contributed by atoms with Gasteiger partial charge in [0.05, 0.1) is 6.61 Å². The summed E-state index contributed by atoms with van der Waals surface area (Å²) < 4.78 is 12.9. The van der Waals surface area contributed by atoms with Crippen LogP contribution >= 0.6 is 22.6 Å². The number of halogens is 1. The highest BCUT2D eigenvalue weighted by atomic mass is 127. The fourth-order valence-corrected chi connectivity index (χ4v) is 3.44. The molecule has 0 fully saturated rings. The number of benzene rings is 3. The Morgan fingerprint density at radius 1 is 0.935 bits per heavy atom. The summed E-state index contributed by atoms with van der Waals surface area (Å²) in [5.41, 5.74) is 3.50. The van der Waals surface area contributed by atoms with E-state index in [1.807, 2.05) is 55.5 Å². The monoisotopic (exact) mass is 529 g/mol. The Kier molecular flexibility index (Phi) is 7.59. The molecule has 1 amide bonds. The molecule has 0 saturated carbocycles. The van der Waals surface area contributed by atoms with Crippen LogP contribution in [0.25, 0.3) is 0 Å². The van der Waals surface area contributed by atoms with Crippen LogP contribution in [0.4, 0.5) is 5.69 Å². The van der Waals surface area contributed by atoms with Crippen molar-refractivity contribution in [2.45, 2.75) is 39.7 Å². The molecule has 4 nitrogen and oxygen atoms in total. The number of carbonyl (C=O) groups is 1. The van der Waals surface area contributed by atoms with Gasteiger partial charge in [-0.05, 0) is 95.1 Å². The lowest BCUT2D eigenvalue weighted by Crippen LogP contribution is -2.13. The van der Waals surface area contributed by atoms with E-state index in [-0.39, 0.29) is 11.3 Å². The van der Waals surface area contributed by atoms with E-state index in [0.29, 0.717) is 18.8 Å². The maximum absolute atomic E-state index is 12.7. The van der Waals surface area contributed by atoms with E-state index in [1.165, 1.54) is 5.56 Å². The molecule has 3 aromatic carbocycles. The molecular weight excluding hydrogens is 501 g/mol. The van der Waals surface area contributed by atoms with Crippen molar-refractivity contribution in [2.75, 3.05) is 11.9 Å². The number of anilines is 1. The van der Waals surface area contributed by atoms with E-state index in [2.05, 4.69) is 60.8 Å². The van der Waals surface area contributed by atoms with Crippen molar-refractivity contribution in [3.63, 3.8) is 0 Å². The van der Waals surface area contributed by atoms with Crippen molar-refractivity contribution in [2.24, 2.45) is 0 Å². The summed E-state index contributed by atoms with van der Waals surface area (Å²) in [6.07, 6.45) is 0. The summed E-state index contributed by atoms with van der Waals surface area (Å²) >= 11 is 2.24. The van der Waals surface area contributed by atoms with Gasteiger partial charge in [0.2, 0.25) is 0 Å². The van der Waals surface area contributed by atoms with Crippen molar-refractivity contribution in [3.8, 4) is 11.5 Å². The lowest BCUT2D eigenvalue weighted by atomic mass is 9.87. The molecule has 0 spiro atoms. The summed E-state index contributed by atoms with van der Waals surface area (Å²) in [7, 11) is 0. The van der Waals surface area contributed by atoms with Gasteiger partial charge in [0, 0.05) is 20.4 Å². The minimum atomic E-state index is -0.167. The Labute approximate surface area is 198 Å². The van der Waals surface area contributed by atoms with Crippen LogP contribution in [-0.4, -0.2) is 12.5 Å². The zero-order valence-corrected chi connectivity index (χ0v) is 20.5. The molecule has 0 bridgehead atoms. The molecule has 0 aliphatic heterocycles. The van der Waals surface area contributed by atoms with Crippen LogP contribution in [0.2, 0.25) is 0 Å². The third kappa shape index (κ3) is 6.47. The summed E-state index contributed by atoms with van der Waals surface area (Å²) in [6, 6.07) is 21.3. The molecule has 31 heavy (non-hydrogen) atoms. The molecule has 0 aromatic heterocycles. The van der Waals surface area contributed by atoms with Crippen LogP contribution < -0.4 is 14.8 Å². The molecular formula is C26H28INO3. The highest BCUT2D eigenvalue weighted by Gasteiger charge is 2.14. The number of amides is 1. The number of nitrogens with one attached hydrogen (secondary N) is 1. The van der Waals surface area contributed by atoms with E-state index >= 15 is 0 Å². The third-order valence-electron chi connectivity index (χ3n) is 4.84. The van der Waals surface area contributed by atoms with Gasteiger partial charge in [0.1, 0.15) is 18.1 Å². The number of rotatable bonds is 7. The molecule has 1 N–H and O–H groups in total. The zero-order valence-electron chi connectivity index (χ0n) is 18.4. The van der Waals surface area contributed by atoms with Crippen molar-refractivity contribution in [3.05, 3.63) is 87.0 Å². The van der Waals surface area contributed by atoms with E-state index in [9.17, 15) is 4.79 Å². The maximum atomic E-state index is 12.7. The highest BCUT2D eigenvalue weighted by Crippen LogP contribution is 2.26. The lowest BCUT2D eigenvalue weighted by molar-refractivity contribution is 0.102.